The number of hydrogen-bond donors (Lipinski definition) is 1. The molecule has 1 fully saturated rings. The van der Waals surface area contributed by atoms with Gasteiger partial charge in [-0.1, -0.05) is 0 Å². The number of nitrogens with zero attached hydrogens (tertiary/aromatic N) is 1. The summed E-state index contributed by atoms with van der Waals surface area (Å²) < 4.78 is 5.14. The molecule has 1 atom stereocenters. The topological polar surface area (TPSA) is 75.7 Å². The van der Waals surface area contributed by atoms with Crippen molar-refractivity contribution >= 4 is 29.2 Å². The number of thiophene rings is 1. The van der Waals surface area contributed by atoms with Crippen LogP contribution in [0.25, 0.3) is 0 Å². The molecule has 1 saturated heterocycles. The number of hydrogen-bond acceptors (Lipinski definition) is 5. The monoisotopic (exact) mass is 310 g/mol. The number of nitrogens with one attached hydrogen (secondary N) is 1. The molecule has 21 heavy (non-hydrogen) atoms. The van der Waals surface area contributed by atoms with E-state index in [1.807, 2.05) is 5.38 Å². The Kier molecular flexibility index (Phi) is 3.79. The van der Waals surface area contributed by atoms with E-state index in [0.717, 1.165) is 4.90 Å². The number of ether oxygens (including phenoxy) is 1. The van der Waals surface area contributed by atoms with Crippen molar-refractivity contribution in [2.45, 2.75) is 38.8 Å². The molecule has 7 heteroatoms. The van der Waals surface area contributed by atoms with Gasteiger partial charge in [0, 0.05) is 0 Å². The van der Waals surface area contributed by atoms with Gasteiger partial charge in [0.15, 0.2) is 0 Å². The second-order valence-corrected chi connectivity index (χ2v) is 6.82. The highest BCUT2D eigenvalue weighted by Gasteiger charge is 2.49. The Bertz CT molecular complexity index is 576. The minimum Gasteiger partial charge on any atom is -0.459 e. The highest BCUT2D eigenvalue weighted by molar-refractivity contribution is 7.08. The number of imide groups is 1. The van der Waals surface area contributed by atoms with Crippen LogP contribution in [-0.4, -0.2) is 35.0 Å². The molecular formula is C14H18N2O4S. The second kappa shape index (κ2) is 5.14. The lowest BCUT2D eigenvalue weighted by Crippen LogP contribution is -2.42. The van der Waals surface area contributed by atoms with Crippen LogP contribution in [0.15, 0.2) is 16.8 Å². The molecule has 1 aliphatic heterocycles. The Balaban J connectivity index is 2.14. The minimum atomic E-state index is -1.13. The van der Waals surface area contributed by atoms with Crippen LogP contribution in [-0.2, 0) is 19.9 Å². The van der Waals surface area contributed by atoms with Crippen LogP contribution in [0.4, 0.5) is 4.79 Å². The van der Waals surface area contributed by atoms with Gasteiger partial charge in [-0.15, -0.1) is 0 Å². The van der Waals surface area contributed by atoms with Crippen molar-refractivity contribution in [2.24, 2.45) is 0 Å². The van der Waals surface area contributed by atoms with E-state index in [4.69, 9.17) is 4.74 Å². The first-order valence-electron chi connectivity index (χ1n) is 6.52. The molecule has 3 amide bonds. The Morgan fingerprint density at radius 3 is 2.62 bits per heavy atom. The van der Waals surface area contributed by atoms with E-state index in [1.54, 1.807) is 39.1 Å². The molecule has 0 bridgehead atoms. The molecule has 0 aliphatic carbocycles. The van der Waals surface area contributed by atoms with Gasteiger partial charge in [0.1, 0.15) is 17.7 Å². The molecule has 1 aliphatic rings. The largest absolute Gasteiger partial charge is 0.459 e. The zero-order valence-corrected chi connectivity index (χ0v) is 13.2. The highest BCUT2D eigenvalue weighted by Crippen LogP contribution is 2.30. The van der Waals surface area contributed by atoms with Gasteiger partial charge in [0.25, 0.3) is 5.91 Å². The van der Waals surface area contributed by atoms with Crippen LogP contribution in [0, 0.1) is 0 Å². The number of rotatable bonds is 3. The van der Waals surface area contributed by atoms with E-state index in [0.29, 0.717) is 5.56 Å². The van der Waals surface area contributed by atoms with Gasteiger partial charge in [-0.25, -0.2) is 4.79 Å². The fourth-order valence-electron chi connectivity index (χ4n) is 2.09. The Morgan fingerprint density at radius 2 is 2.10 bits per heavy atom. The molecule has 0 radical (unpaired) electrons. The third-order valence-electron chi connectivity index (χ3n) is 3.08. The number of amides is 3. The van der Waals surface area contributed by atoms with Gasteiger partial charge in [-0.2, -0.15) is 11.3 Å². The first-order chi connectivity index (χ1) is 9.63. The average molecular weight is 310 g/mol. The number of carbonyl (C=O) groups is 3. The summed E-state index contributed by atoms with van der Waals surface area (Å²) in [5.41, 5.74) is -1.08. The van der Waals surface area contributed by atoms with E-state index in [9.17, 15) is 14.4 Å². The van der Waals surface area contributed by atoms with Crippen LogP contribution >= 0.6 is 11.3 Å². The molecular weight excluding hydrogens is 292 g/mol. The average Bonchev–Trinajstić information content (AvgIpc) is 2.92. The molecule has 1 aromatic rings. The van der Waals surface area contributed by atoms with Crippen LogP contribution in [0.1, 0.15) is 33.3 Å². The predicted octanol–water partition coefficient (Wildman–Crippen LogP) is 1.86. The number of esters is 1. The SMILES string of the molecule is CC(C)(C)OC(=O)CN1C(=O)NC(C)(c2ccsc2)C1=O. The zero-order chi connectivity index (χ0) is 15.8. The lowest BCUT2D eigenvalue weighted by atomic mass is 9.95. The van der Waals surface area contributed by atoms with Gasteiger partial charge >= 0.3 is 12.0 Å². The highest BCUT2D eigenvalue weighted by atomic mass is 32.1. The van der Waals surface area contributed by atoms with Gasteiger partial charge < -0.3 is 10.1 Å². The summed E-state index contributed by atoms with van der Waals surface area (Å²) in [6.45, 7) is 6.43. The molecule has 0 saturated carbocycles. The summed E-state index contributed by atoms with van der Waals surface area (Å²) in [5, 5.41) is 6.27. The fraction of sp³-hybridized carbons (Fsp3) is 0.500. The van der Waals surface area contributed by atoms with Crippen LogP contribution in [0.2, 0.25) is 0 Å². The van der Waals surface area contributed by atoms with Gasteiger partial charge in [0.2, 0.25) is 0 Å². The number of carbonyl (C=O) groups excluding carboxylic acids is 3. The molecule has 114 valence electrons. The molecule has 1 unspecified atom stereocenters. The van der Waals surface area contributed by atoms with E-state index in [-0.39, 0.29) is 6.54 Å². The van der Waals surface area contributed by atoms with Crippen molar-refractivity contribution in [3.05, 3.63) is 22.4 Å². The summed E-state index contributed by atoms with van der Waals surface area (Å²) >= 11 is 1.44. The zero-order valence-electron chi connectivity index (χ0n) is 12.4. The normalized spacial score (nSPS) is 22.4. The molecule has 1 N–H and O–H groups in total. The third kappa shape index (κ3) is 3.07. The van der Waals surface area contributed by atoms with Crippen molar-refractivity contribution in [1.82, 2.24) is 10.2 Å². The quantitative estimate of drug-likeness (QED) is 0.683. The van der Waals surface area contributed by atoms with Gasteiger partial charge in [0.05, 0.1) is 0 Å². The summed E-state index contributed by atoms with van der Waals surface area (Å²) in [6, 6.07) is 1.19. The number of urea groups is 1. The van der Waals surface area contributed by atoms with Crippen LogP contribution in [0.5, 0.6) is 0 Å². The van der Waals surface area contributed by atoms with Crippen molar-refractivity contribution in [1.29, 1.82) is 0 Å². The smallest absolute Gasteiger partial charge is 0.326 e. The summed E-state index contributed by atoms with van der Waals surface area (Å²) in [4.78, 5) is 37.2. The van der Waals surface area contributed by atoms with E-state index in [2.05, 4.69) is 5.32 Å². The molecule has 0 spiro atoms. The van der Waals surface area contributed by atoms with Crippen LogP contribution in [0.3, 0.4) is 0 Å². The van der Waals surface area contributed by atoms with Crippen molar-refractivity contribution in [3.63, 3.8) is 0 Å². The second-order valence-electron chi connectivity index (χ2n) is 6.04. The molecule has 1 aromatic heterocycles. The summed E-state index contributed by atoms with van der Waals surface area (Å²) in [6.07, 6.45) is 0. The maximum Gasteiger partial charge on any atom is 0.326 e. The van der Waals surface area contributed by atoms with Gasteiger partial charge in [-0.3, -0.25) is 14.5 Å². The molecule has 2 rings (SSSR count). The van der Waals surface area contributed by atoms with E-state index >= 15 is 0 Å². The standard InChI is InChI=1S/C14H18N2O4S/c1-13(2,3)20-10(17)7-16-11(18)14(4,15-12(16)19)9-5-6-21-8-9/h5-6,8H,7H2,1-4H3,(H,15,19). The fourth-order valence-corrected chi connectivity index (χ4v) is 2.85. The maximum absolute atomic E-state index is 12.5. The summed E-state index contributed by atoms with van der Waals surface area (Å²) in [5.74, 6) is -1.06. The first-order valence-corrected chi connectivity index (χ1v) is 7.46. The van der Waals surface area contributed by atoms with Crippen molar-refractivity contribution < 1.29 is 19.1 Å². The molecule has 0 aromatic carbocycles. The predicted molar refractivity (Wildman–Crippen MR) is 77.8 cm³/mol. The van der Waals surface area contributed by atoms with Crippen LogP contribution < -0.4 is 5.32 Å². The first kappa shape index (κ1) is 15.5. The molecule has 6 nitrogen and oxygen atoms in total. The maximum atomic E-state index is 12.5. The Hall–Kier alpha value is -1.89. The lowest BCUT2D eigenvalue weighted by Gasteiger charge is -2.22. The Morgan fingerprint density at radius 1 is 1.43 bits per heavy atom. The third-order valence-corrected chi connectivity index (χ3v) is 3.76. The van der Waals surface area contributed by atoms with Gasteiger partial charge in [-0.05, 0) is 50.1 Å². The van der Waals surface area contributed by atoms with Crippen molar-refractivity contribution in [3.8, 4) is 0 Å². The lowest BCUT2D eigenvalue weighted by molar-refractivity contribution is -0.157. The van der Waals surface area contributed by atoms with E-state index in [1.165, 1.54) is 11.3 Å². The summed E-state index contributed by atoms with van der Waals surface area (Å²) in [7, 11) is 0. The molecule has 2 heterocycles. The minimum absolute atomic E-state index is 0.387. The Labute approximate surface area is 127 Å². The van der Waals surface area contributed by atoms with E-state index < -0.39 is 29.0 Å². The van der Waals surface area contributed by atoms with Crippen molar-refractivity contribution in [2.75, 3.05) is 6.54 Å².